The Bertz CT molecular complexity index is 898. The van der Waals surface area contributed by atoms with Crippen LogP contribution in [0.5, 0.6) is 0 Å². The zero-order valence-corrected chi connectivity index (χ0v) is 16.6. The maximum atomic E-state index is 12.7. The number of benzene rings is 1. The fourth-order valence-corrected chi connectivity index (χ4v) is 5.18. The molecule has 0 spiro atoms. The Morgan fingerprint density at radius 2 is 2.12 bits per heavy atom. The summed E-state index contributed by atoms with van der Waals surface area (Å²) in [6, 6.07) is 15.4. The van der Waals surface area contributed by atoms with Crippen LogP contribution in [0.25, 0.3) is 0 Å². The Labute approximate surface area is 164 Å². The molecule has 0 aliphatic heterocycles. The molecule has 0 radical (unpaired) electrons. The summed E-state index contributed by atoms with van der Waals surface area (Å²) in [6.07, 6.45) is 0.682. The van der Waals surface area contributed by atoms with Gasteiger partial charge < -0.3 is 5.32 Å². The first-order valence-corrected chi connectivity index (χ1v) is 10.8. The number of thioether (sulfide) groups is 1. The van der Waals surface area contributed by atoms with Crippen molar-refractivity contribution in [1.82, 2.24) is 10.3 Å². The number of hydrogen-bond donors (Lipinski definition) is 1. The summed E-state index contributed by atoms with van der Waals surface area (Å²) in [5.74, 6) is 0.583. The Hall–Kier alpha value is -2.14. The molecule has 1 unspecified atom stereocenters. The summed E-state index contributed by atoms with van der Waals surface area (Å²) in [5, 5.41) is 14.1. The molecule has 0 saturated carbocycles. The first-order chi connectivity index (χ1) is 12.7. The minimum absolute atomic E-state index is 0.231. The number of nitriles is 1. The number of nitrogens with one attached hydrogen (secondary N) is 1. The van der Waals surface area contributed by atoms with E-state index < -0.39 is 6.04 Å². The summed E-state index contributed by atoms with van der Waals surface area (Å²) >= 11 is 4.48. The lowest BCUT2D eigenvalue weighted by molar-refractivity contribution is 0.0948. The van der Waals surface area contributed by atoms with Gasteiger partial charge >= 0.3 is 0 Å². The molecule has 0 aliphatic rings. The summed E-state index contributed by atoms with van der Waals surface area (Å²) in [6.45, 7) is 1.98. The van der Waals surface area contributed by atoms with Gasteiger partial charge in [-0.3, -0.25) is 4.79 Å². The van der Waals surface area contributed by atoms with Crippen LogP contribution >= 0.6 is 34.4 Å². The Morgan fingerprint density at radius 3 is 2.77 bits per heavy atom. The van der Waals surface area contributed by atoms with Crippen molar-refractivity contribution in [3.8, 4) is 6.07 Å². The van der Waals surface area contributed by atoms with E-state index in [0.717, 1.165) is 20.7 Å². The number of thiazole rings is 1. The van der Waals surface area contributed by atoms with Crippen molar-refractivity contribution in [2.24, 2.45) is 0 Å². The molecule has 1 aromatic carbocycles. The number of carbonyl (C=O) groups excluding carboxylic acids is 1. The van der Waals surface area contributed by atoms with E-state index in [1.807, 2.05) is 42.6 Å². The monoisotopic (exact) mass is 399 g/mol. The average molecular weight is 400 g/mol. The minimum atomic E-state index is -0.630. The van der Waals surface area contributed by atoms with Gasteiger partial charge in [-0.2, -0.15) is 5.26 Å². The molecule has 7 heteroatoms. The van der Waals surface area contributed by atoms with Gasteiger partial charge in [0.2, 0.25) is 0 Å². The first kappa shape index (κ1) is 18.6. The van der Waals surface area contributed by atoms with Gasteiger partial charge in [0, 0.05) is 10.6 Å². The Kier molecular flexibility index (Phi) is 6.45. The van der Waals surface area contributed by atoms with E-state index in [2.05, 4.69) is 28.5 Å². The second-order valence-corrected chi connectivity index (χ2v) is 8.64. The van der Waals surface area contributed by atoms with E-state index in [1.165, 1.54) is 28.2 Å². The van der Waals surface area contributed by atoms with E-state index in [4.69, 9.17) is 0 Å². The third-order valence-corrected chi connectivity index (χ3v) is 6.90. The van der Waals surface area contributed by atoms with Crippen LogP contribution in [0.15, 0.2) is 52.2 Å². The van der Waals surface area contributed by atoms with Crippen LogP contribution < -0.4 is 5.32 Å². The van der Waals surface area contributed by atoms with Gasteiger partial charge in [0.1, 0.15) is 4.88 Å². The van der Waals surface area contributed by atoms with E-state index >= 15 is 0 Å². The standard InChI is InChI=1S/C19H17N3OS3/c1-2-14-17(18(23)21-15(11-20)16-9-6-10-24-16)26-19(22-14)25-12-13-7-4-3-5-8-13/h3-10,15H,2,12H2,1H3,(H,21,23). The zero-order valence-electron chi connectivity index (χ0n) is 14.1. The van der Waals surface area contributed by atoms with Crippen molar-refractivity contribution in [1.29, 1.82) is 5.26 Å². The molecule has 0 saturated heterocycles. The van der Waals surface area contributed by atoms with Crippen molar-refractivity contribution in [2.45, 2.75) is 29.5 Å². The van der Waals surface area contributed by atoms with Gasteiger partial charge in [0.05, 0.1) is 11.8 Å². The number of hydrogen-bond acceptors (Lipinski definition) is 6. The van der Waals surface area contributed by atoms with Crippen molar-refractivity contribution >= 4 is 40.3 Å². The van der Waals surface area contributed by atoms with Crippen LogP contribution in [0.4, 0.5) is 0 Å². The molecule has 132 valence electrons. The normalized spacial score (nSPS) is 11.7. The smallest absolute Gasteiger partial charge is 0.264 e. The highest BCUT2D eigenvalue weighted by molar-refractivity contribution is 8.00. The first-order valence-electron chi connectivity index (χ1n) is 8.11. The Balaban J connectivity index is 1.71. The zero-order chi connectivity index (χ0) is 18.4. The van der Waals surface area contributed by atoms with E-state index in [9.17, 15) is 10.1 Å². The number of aryl methyl sites for hydroxylation is 1. The lowest BCUT2D eigenvalue weighted by Crippen LogP contribution is -2.27. The molecule has 26 heavy (non-hydrogen) atoms. The minimum Gasteiger partial charge on any atom is -0.331 e. The van der Waals surface area contributed by atoms with Crippen molar-refractivity contribution < 1.29 is 4.79 Å². The highest BCUT2D eigenvalue weighted by Gasteiger charge is 2.21. The lowest BCUT2D eigenvalue weighted by atomic mass is 10.2. The molecule has 1 atom stereocenters. The predicted octanol–water partition coefficient (Wildman–Crippen LogP) is 5.05. The summed E-state index contributed by atoms with van der Waals surface area (Å²) < 4.78 is 0.875. The van der Waals surface area contributed by atoms with Crippen LogP contribution in [0.3, 0.4) is 0 Å². The topological polar surface area (TPSA) is 65.8 Å². The molecule has 2 heterocycles. The number of nitrogens with zero attached hydrogens (tertiary/aromatic N) is 2. The molecule has 1 amide bonds. The molecule has 0 aliphatic carbocycles. The van der Waals surface area contributed by atoms with E-state index in [0.29, 0.717) is 11.3 Å². The Morgan fingerprint density at radius 1 is 1.31 bits per heavy atom. The van der Waals surface area contributed by atoms with Gasteiger partial charge in [-0.15, -0.1) is 22.7 Å². The molecule has 3 aromatic rings. The number of amides is 1. The SMILES string of the molecule is CCc1nc(SCc2ccccc2)sc1C(=O)NC(C#N)c1cccs1. The van der Waals surface area contributed by atoms with Crippen molar-refractivity contribution in [3.63, 3.8) is 0 Å². The van der Waals surface area contributed by atoms with Gasteiger partial charge in [0.25, 0.3) is 5.91 Å². The van der Waals surface area contributed by atoms with Crippen LogP contribution in [-0.2, 0) is 12.2 Å². The molecule has 4 nitrogen and oxygen atoms in total. The van der Waals surface area contributed by atoms with Crippen molar-refractivity contribution in [3.05, 3.63) is 68.9 Å². The second kappa shape index (κ2) is 8.99. The summed E-state index contributed by atoms with van der Waals surface area (Å²) in [5.41, 5.74) is 2.00. The molecule has 0 fully saturated rings. The van der Waals surface area contributed by atoms with Crippen LogP contribution in [0.2, 0.25) is 0 Å². The fourth-order valence-electron chi connectivity index (χ4n) is 2.35. The fraction of sp³-hybridized carbons (Fsp3) is 0.211. The van der Waals surface area contributed by atoms with E-state index in [1.54, 1.807) is 11.8 Å². The quantitative estimate of drug-likeness (QED) is 0.564. The second-order valence-electron chi connectivity index (χ2n) is 5.43. The number of rotatable bonds is 7. The number of aromatic nitrogens is 1. The number of thiophene rings is 1. The molecule has 1 N–H and O–H groups in total. The summed E-state index contributed by atoms with van der Waals surface area (Å²) in [4.78, 5) is 18.7. The maximum Gasteiger partial charge on any atom is 0.264 e. The van der Waals surface area contributed by atoms with Gasteiger partial charge in [0.15, 0.2) is 10.4 Å². The molecule has 0 bridgehead atoms. The van der Waals surface area contributed by atoms with Gasteiger partial charge in [-0.1, -0.05) is 55.1 Å². The number of carbonyl (C=O) groups is 1. The van der Waals surface area contributed by atoms with Crippen LogP contribution in [0, 0.1) is 11.3 Å². The largest absolute Gasteiger partial charge is 0.331 e. The molecule has 3 rings (SSSR count). The highest BCUT2D eigenvalue weighted by atomic mass is 32.2. The third kappa shape index (κ3) is 4.52. The van der Waals surface area contributed by atoms with E-state index in [-0.39, 0.29) is 5.91 Å². The molecular weight excluding hydrogens is 382 g/mol. The lowest BCUT2D eigenvalue weighted by Gasteiger charge is -2.09. The van der Waals surface area contributed by atoms with Crippen molar-refractivity contribution in [2.75, 3.05) is 0 Å². The predicted molar refractivity (Wildman–Crippen MR) is 108 cm³/mol. The highest BCUT2D eigenvalue weighted by Crippen LogP contribution is 2.31. The maximum absolute atomic E-state index is 12.7. The summed E-state index contributed by atoms with van der Waals surface area (Å²) in [7, 11) is 0. The molecule has 2 aromatic heterocycles. The molecular formula is C19H17N3OS3. The average Bonchev–Trinajstić information content (AvgIpc) is 3.35. The van der Waals surface area contributed by atoms with Crippen LogP contribution in [0.1, 0.15) is 38.8 Å². The van der Waals surface area contributed by atoms with Crippen LogP contribution in [-0.4, -0.2) is 10.9 Å². The third-order valence-electron chi connectivity index (χ3n) is 3.66. The van der Waals surface area contributed by atoms with Gasteiger partial charge in [-0.25, -0.2) is 4.98 Å². The van der Waals surface area contributed by atoms with Gasteiger partial charge in [-0.05, 0) is 23.4 Å².